The van der Waals surface area contributed by atoms with Gasteiger partial charge in [-0.05, 0) is 31.0 Å². The average Bonchev–Trinajstić information content (AvgIpc) is 3.16. The van der Waals surface area contributed by atoms with Gasteiger partial charge in [0.2, 0.25) is 0 Å². The van der Waals surface area contributed by atoms with Gasteiger partial charge in [-0.15, -0.1) is 11.6 Å². The average molecular weight is 288 g/mol. The molecule has 2 rings (SSSR count). The van der Waals surface area contributed by atoms with Crippen LogP contribution in [0.5, 0.6) is 5.75 Å². The molecule has 0 spiro atoms. The van der Waals surface area contributed by atoms with E-state index in [0.29, 0.717) is 28.8 Å². The fourth-order valence-corrected chi connectivity index (χ4v) is 2.29. The molecule has 1 amide bonds. The van der Waals surface area contributed by atoms with E-state index in [2.05, 4.69) is 5.32 Å². The van der Waals surface area contributed by atoms with Crippen molar-refractivity contribution < 1.29 is 9.53 Å². The maximum Gasteiger partial charge on any atom is 0.255 e. The highest BCUT2D eigenvalue weighted by atomic mass is 35.5. The van der Waals surface area contributed by atoms with Crippen LogP contribution in [-0.4, -0.2) is 25.4 Å². The zero-order valence-electron chi connectivity index (χ0n) is 10.1. The Bertz CT molecular complexity index is 458. The van der Waals surface area contributed by atoms with Crippen molar-refractivity contribution in [2.75, 3.05) is 19.5 Å². The van der Waals surface area contributed by atoms with Crippen molar-refractivity contribution in [3.63, 3.8) is 0 Å². The second-order valence-corrected chi connectivity index (χ2v) is 5.36. The Morgan fingerprint density at radius 1 is 1.50 bits per heavy atom. The Balaban J connectivity index is 2.06. The summed E-state index contributed by atoms with van der Waals surface area (Å²) in [6, 6.07) is 4.99. The van der Waals surface area contributed by atoms with E-state index in [1.54, 1.807) is 18.2 Å². The molecule has 1 aromatic carbocycles. The minimum absolute atomic E-state index is 0.100. The molecule has 0 unspecified atom stereocenters. The summed E-state index contributed by atoms with van der Waals surface area (Å²) in [5.41, 5.74) is 0.554. The van der Waals surface area contributed by atoms with Crippen LogP contribution in [0.4, 0.5) is 0 Å². The molecule has 0 saturated heterocycles. The first-order valence-corrected chi connectivity index (χ1v) is 6.69. The summed E-state index contributed by atoms with van der Waals surface area (Å²) in [5, 5.41) is 3.41. The summed E-state index contributed by atoms with van der Waals surface area (Å²) >= 11 is 11.8. The molecule has 0 bridgehead atoms. The maximum atomic E-state index is 12.1. The number of benzene rings is 1. The fourth-order valence-electron chi connectivity index (χ4n) is 1.76. The van der Waals surface area contributed by atoms with Gasteiger partial charge >= 0.3 is 0 Å². The van der Waals surface area contributed by atoms with Gasteiger partial charge < -0.3 is 10.1 Å². The van der Waals surface area contributed by atoms with Crippen molar-refractivity contribution in [2.45, 2.75) is 12.8 Å². The number of amides is 1. The van der Waals surface area contributed by atoms with Crippen LogP contribution in [0.3, 0.4) is 0 Å². The smallest absolute Gasteiger partial charge is 0.255 e. The first-order valence-electron chi connectivity index (χ1n) is 5.78. The fraction of sp³-hybridized carbons (Fsp3) is 0.462. The number of carbonyl (C=O) groups is 1. The van der Waals surface area contributed by atoms with E-state index in [4.69, 9.17) is 27.9 Å². The number of nitrogens with one attached hydrogen (secondary N) is 1. The molecule has 5 heteroatoms. The number of rotatable bonds is 5. The van der Waals surface area contributed by atoms with Gasteiger partial charge in [0.15, 0.2) is 0 Å². The minimum atomic E-state index is -0.175. The van der Waals surface area contributed by atoms with Crippen molar-refractivity contribution in [1.82, 2.24) is 5.32 Å². The minimum Gasteiger partial charge on any atom is -0.496 e. The molecular formula is C13H15Cl2NO2. The van der Waals surface area contributed by atoms with E-state index in [1.165, 1.54) is 7.11 Å². The number of methoxy groups -OCH3 is 1. The Morgan fingerprint density at radius 3 is 2.78 bits per heavy atom. The largest absolute Gasteiger partial charge is 0.496 e. The van der Waals surface area contributed by atoms with Crippen molar-refractivity contribution >= 4 is 29.1 Å². The molecule has 1 aliphatic carbocycles. The normalized spacial score (nSPS) is 16.2. The van der Waals surface area contributed by atoms with Crippen LogP contribution in [0, 0.1) is 5.41 Å². The van der Waals surface area contributed by atoms with Crippen molar-refractivity contribution in [1.29, 1.82) is 0 Å². The molecule has 98 valence electrons. The van der Waals surface area contributed by atoms with Crippen molar-refractivity contribution in [3.8, 4) is 5.75 Å². The molecule has 1 N–H and O–H groups in total. The number of alkyl halides is 1. The van der Waals surface area contributed by atoms with Gasteiger partial charge in [-0.3, -0.25) is 4.79 Å². The Kier molecular flexibility index (Phi) is 4.03. The standard InChI is InChI=1S/C13H15Cl2NO2/c1-18-11-3-2-9(15)6-10(11)12(17)16-8-13(7-14)4-5-13/h2-3,6H,4-5,7-8H2,1H3,(H,16,17). The first-order chi connectivity index (χ1) is 8.60. The molecule has 1 aliphatic rings. The molecule has 0 radical (unpaired) electrons. The molecule has 18 heavy (non-hydrogen) atoms. The summed E-state index contributed by atoms with van der Waals surface area (Å²) in [7, 11) is 1.53. The third-order valence-electron chi connectivity index (χ3n) is 3.27. The lowest BCUT2D eigenvalue weighted by atomic mass is 10.1. The van der Waals surface area contributed by atoms with Crippen LogP contribution < -0.4 is 10.1 Å². The van der Waals surface area contributed by atoms with Crippen LogP contribution in [0.1, 0.15) is 23.2 Å². The first kappa shape index (κ1) is 13.5. The summed E-state index contributed by atoms with van der Waals surface area (Å²) in [5.74, 6) is 0.929. The van der Waals surface area contributed by atoms with Crippen LogP contribution >= 0.6 is 23.2 Å². The summed E-state index contributed by atoms with van der Waals surface area (Å²) in [4.78, 5) is 12.1. The lowest BCUT2D eigenvalue weighted by Gasteiger charge is -2.14. The van der Waals surface area contributed by atoms with Crippen LogP contribution in [0.2, 0.25) is 5.02 Å². The molecule has 1 fully saturated rings. The second kappa shape index (κ2) is 5.37. The maximum absolute atomic E-state index is 12.1. The van der Waals surface area contributed by atoms with Gasteiger partial charge in [-0.25, -0.2) is 0 Å². The molecular weight excluding hydrogens is 273 g/mol. The van der Waals surface area contributed by atoms with E-state index < -0.39 is 0 Å². The zero-order chi connectivity index (χ0) is 13.2. The second-order valence-electron chi connectivity index (χ2n) is 4.66. The number of hydrogen-bond donors (Lipinski definition) is 1. The predicted octanol–water partition coefficient (Wildman–Crippen LogP) is 3.10. The Labute approximate surface area is 116 Å². The van der Waals surface area contributed by atoms with Gasteiger partial charge in [-0.1, -0.05) is 11.6 Å². The van der Waals surface area contributed by atoms with E-state index in [9.17, 15) is 4.79 Å². The SMILES string of the molecule is COc1ccc(Cl)cc1C(=O)NCC1(CCl)CC1. The molecule has 0 aliphatic heterocycles. The van der Waals surface area contributed by atoms with Crippen LogP contribution in [-0.2, 0) is 0 Å². The lowest BCUT2D eigenvalue weighted by molar-refractivity contribution is 0.0943. The Morgan fingerprint density at radius 2 is 2.22 bits per heavy atom. The summed E-state index contributed by atoms with van der Waals surface area (Å²) < 4.78 is 5.15. The molecule has 3 nitrogen and oxygen atoms in total. The number of carbonyl (C=O) groups excluding carboxylic acids is 1. The van der Waals surface area contributed by atoms with Gasteiger partial charge in [0.25, 0.3) is 5.91 Å². The summed E-state index contributed by atoms with van der Waals surface area (Å²) in [6.07, 6.45) is 2.15. The quantitative estimate of drug-likeness (QED) is 0.845. The topological polar surface area (TPSA) is 38.3 Å². The van der Waals surface area contributed by atoms with Gasteiger partial charge in [-0.2, -0.15) is 0 Å². The highest BCUT2D eigenvalue weighted by Crippen LogP contribution is 2.45. The third kappa shape index (κ3) is 2.90. The van der Waals surface area contributed by atoms with Gasteiger partial charge in [0.05, 0.1) is 12.7 Å². The number of ether oxygens (including phenoxy) is 1. The van der Waals surface area contributed by atoms with E-state index >= 15 is 0 Å². The van der Waals surface area contributed by atoms with Crippen LogP contribution in [0.25, 0.3) is 0 Å². The van der Waals surface area contributed by atoms with Gasteiger partial charge in [0, 0.05) is 22.9 Å². The molecule has 0 aromatic heterocycles. The molecule has 0 atom stereocenters. The van der Waals surface area contributed by atoms with Crippen LogP contribution in [0.15, 0.2) is 18.2 Å². The number of halogens is 2. The summed E-state index contributed by atoms with van der Waals surface area (Å²) in [6.45, 7) is 0.602. The van der Waals surface area contributed by atoms with Crippen molar-refractivity contribution in [3.05, 3.63) is 28.8 Å². The lowest BCUT2D eigenvalue weighted by Crippen LogP contribution is -2.31. The third-order valence-corrected chi connectivity index (χ3v) is 4.07. The highest BCUT2D eigenvalue weighted by molar-refractivity contribution is 6.31. The molecule has 0 heterocycles. The van der Waals surface area contributed by atoms with E-state index in [1.807, 2.05) is 0 Å². The molecule has 1 aromatic rings. The highest BCUT2D eigenvalue weighted by Gasteiger charge is 2.41. The van der Waals surface area contributed by atoms with E-state index in [-0.39, 0.29) is 11.3 Å². The zero-order valence-corrected chi connectivity index (χ0v) is 11.6. The van der Waals surface area contributed by atoms with E-state index in [0.717, 1.165) is 12.8 Å². The molecule has 1 saturated carbocycles. The number of hydrogen-bond acceptors (Lipinski definition) is 2. The monoisotopic (exact) mass is 287 g/mol. The Hall–Kier alpha value is -0.930. The van der Waals surface area contributed by atoms with Gasteiger partial charge in [0.1, 0.15) is 5.75 Å². The predicted molar refractivity (Wildman–Crippen MR) is 72.7 cm³/mol. The van der Waals surface area contributed by atoms with Crippen molar-refractivity contribution in [2.24, 2.45) is 5.41 Å².